The fourth-order valence-electron chi connectivity index (χ4n) is 6.85. The predicted molar refractivity (Wildman–Crippen MR) is 172 cm³/mol. The SMILES string of the molecule is Cc1csc(-c2ccc3cc(-c4c(C5CCCCC5)c5sc(C(=O)O)cc5n4CC(=O)N4CCCCC4)ccc3n2)c1. The predicted octanol–water partition coefficient (Wildman–Crippen LogP) is 8.71. The Hall–Kier alpha value is -3.49. The number of benzene rings is 1. The molecule has 8 heteroatoms. The number of aromatic carboxylic acids is 1. The molecule has 2 fully saturated rings. The summed E-state index contributed by atoms with van der Waals surface area (Å²) in [4.78, 5) is 34.2. The third-order valence-electron chi connectivity index (χ3n) is 8.94. The fraction of sp³-hybridized carbons (Fsp3) is 0.382. The smallest absolute Gasteiger partial charge is 0.345 e. The van der Waals surface area contributed by atoms with Crippen LogP contribution in [-0.4, -0.2) is 44.5 Å². The van der Waals surface area contributed by atoms with Crippen molar-refractivity contribution in [2.45, 2.75) is 70.8 Å². The number of aryl methyl sites for hydroxylation is 1. The number of rotatable bonds is 6. The number of thiophene rings is 2. The number of likely N-dealkylation sites (tertiary alicyclic amines) is 1. The Labute approximate surface area is 253 Å². The van der Waals surface area contributed by atoms with Crippen molar-refractivity contribution < 1.29 is 14.7 Å². The lowest BCUT2D eigenvalue weighted by molar-refractivity contribution is -0.132. The molecule has 42 heavy (non-hydrogen) atoms. The summed E-state index contributed by atoms with van der Waals surface area (Å²) in [5.41, 5.74) is 7.41. The van der Waals surface area contributed by atoms with Gasteiger partial charge in [0.2, 0.25) is 5.91 Å². The van der Waals surface area contributed by atoms with Crippen LogP contribution in [0, 0.1) is 6.92 Å². The highest BCUT2D eigenvalue weighted by Gasteiger charge is 2.30. The van der Waals surface area contributed by atoms with Crippen LogP contribution in [0.5, 0.6) is 0 Å². The molecule has 0 spiro atoms. The number of hydrogen-bond donors (Lipinski definition) is 1. The topological polar surface area (TPSA) is 75.4 Å². The van der Waals surface area contributed by atoms with Crippen LogP contribution in [0.3, 0.4) is 0 Å². The van der Waals surface area contributed by atoms with Crippen molar-refractivity contribution in [1.29, 1.82) is 0 Å². The number of nitrogens with zero attached hydrogens (tertiary/aromatic N) is 3. The number of pyridine rings is 1. The average Bonchev–Trinajstić information content (AvgIpc) is 3.72. The van der Waals surface area contributed by atoms with Gasteiger partial charge in [0.15, 0.2) is 0 Å². The average molecular weight is 598 g/mol. The first-order chi connectivity index (χ1) is 20.5. The van der Waals surface area contributed by atoms with Crippen molar-refractivity contribution in [3.05, 3.63) is 63.8 Å². The summed E-state index contributed by atoms with van der Waals surface area (Å²) in [6, 6.07) is 14.7. The molecule has 0 unspecified atom stereocenters. The van der Waals surface area contributed by atoms with Gasteiger partial charge in [-0.1, -0.05) is 31.4 Å². The Morgan fingerprint density at radius 3 is 2.50 bits per heavy atom. The minimum atomic E-state index is -0.908. The number of fused-ring (bicyclic) bond motifs is 2. The lowest BCUT2D eigenvalue weighted by atomic mass is 9.83. The molecular weight excluding hydrogens is 563 g/mol. The van der Waals surface area contributed by atoms with Crippen LogP contribution in [0.25, 0.3) is 42.9 Å². The maximum Gasteiger partial charge on any atom is 0.345 e. The van der Waals surface area contributed by atoms with Gasteiger partial charge in [-0.05, 0) is 97.3 Å². The highest BCUT2D eigenvalue weighted by Crippen LogP contribution is 2.47. The first-order valence-corrected chi connectivity index (χ1v) is 16.8. The molecule has 1 amide bonds. The molecule has 1 aliphatic carbocycles. The van der Waals surface area contributed by atoms with Crippen LogP contribution < -0.4 is 0 Å². The molecule has 1 N–H and O–H groups in total. The van der Waals surface area contributed by atoms with Crippen molar-refractivity contribution in [1.82, 2.24) is 14.5 Å². The number of amides is 1. The molecule has 0 bridgehead atoms. The van der Waals surface area contributed by atoms with Gasteiger partial charge in [0.1, 0.15) is 11.4 Å². The number of aromatic nitrogens is 2. The van der Waals surface area contributed by atoms with E-state index in [2.05, 4.69) is 53.3 Å². The highest BCUT2D eigenvalue weighted by atomic mass is 32.1. The number of carbonyl (C=O) groups is 2. The summed E-state index contributed by atoms with van der Waals surface area (Å²) in [5.74, 6) is -0.444. The maximum absolute atomic E-state index is 13.7. The van der Waals surface area contributed by atoms with Gasteiger partial charge >= 0.3 is 5.97 Å². The first kappa shape index (κ1) is 27.3. The van der Waals surface area contributed by atoms with E-state index in [4.69, 9.17) is 4.98 Å². The molecule has 0 radical (unpaired) electrons. The van der Waals surface area contributed by atoms with Gasteiger partial charge in [0, 0.05) is 18.5 Å². The second kappa shape index (κ2) is 11.3. The Kier molecular flexibility index (Phi) is 7.36. The molecule has 5 aromatic rings. The lowest BCUT2D eigenvalue weighted by Gasteiger charge is -2.28. The summed E-state index contributed by atoms with van der Waals surface area (Å²) in [7, 11) is 0. The van der Waals surface area contributed by atoms with Crippen LogP contribution in [0.4, 0.5) is 0 Å². The van der Waals surface area contributed by atoms with Crippen molar-refractivity contribution in [2.24, 2.45) is 0 Å². The second-order valence-electron chi connectivity index (χ2n) is 11.8. The molecule has 0 atom stereocenters. The van der Waals surface area contributed by atoms with E-state index in [9.17, 15) is 14.7 Å². The van der Waals surface area contributed by atoms with E-state index < -0.39 is 5.97 Å². The molecule has 1 saturated heterocycles. The van der Waals surface area contributed by atoms with Gasteiger partial charge in [-0.15, -0.1) is 22.7 Å². The zero-order valence-electron chi connectivity index (χ0n) is 23.9. The molecule has 6 nitrogen and oxygen atoms in total. The highest BCUT2D eigenvalue weighted by molar-refractivity contribution is 7.21. The molecule has 216 valence electrons. The van der Waals surface area contributed by atoms with Crippen LogP contribution in [0.2, 0.25) is 0 Å². The third-order valence-corrected chi connectivity index (χ3v) is 11.2. The van der Waals surface area contributed by atoms with Crippen molar-refractivity contribution >= 4 is 55.7 Å². The lowest BCUT2D eigenvalue weighted by Crippen LogP contribution is -2.37. The van der Waals surface area contributed by atoms with Gasteiger partial charge in [-0.3, -0.25) is 4.79 Å². The molecule has 5 heterocycles. The number of carbonyl (C=O) groups excluding carboxylic acids is 1. The zero-order chi connectivity index (χ0) is 28.8. The first-order valence-electron chi connectivity index (χ1n) is 15.1. The van der Waals surface area contributed by atoms with Crippen LogP contribution in [0.1, 0.15) is 78.1 Å². The number of hydrogen-bond acceptors (Lipinski definition) is 5. The molecule has 7 rings (SSSR count). The van der Waals surface area contributed by atoms with E-state index in [-0.39, 0.29) is 12.5 Å². The summed E-state index contributed by atoms with van der Waals surface area (Å²) >= 11 is 3.08. The quantitative estimate of drug-likeness (QED) is 0.212. The fourth-order valence-corrected chi connectivity index (χ4v) is 8.85. The number of carboxylic acid groups (broad SMARTS) is 1. The van der Waals surface area contributed by atoms with E-state index >= 15 is 0 Å². The summed E-state index contributed by atoms with van der Waals surface area (Å²) in [6.45, 7) is 3.92. The Morgan fingerprint density at radius 1 is 0.976 bits per heavy atom. The van der Waals surface area contributed by atoms with Crippen molar-refractivity contribution in [2.75, 3.05) is 13.1 Å². The van der Waals surface area contributed by atoms with Gasteiger partial charge in [-0.2, -0.15) is 0 Å². The van der Waals surface area contributed by atoms with Crippen LogP contribution in [-0.2, 0) is 11.3 Å². The van der Waals surface area contributed by atoms with Gasteiger partial charge < -0.3 is 14.6 Å². The molecule has 1 saturated carbocycles. The second-order valence-corrected chi connectivity index (χ2v) is 13.8. The molecule has 2 aliphatic rings. The molecule has 1 aromatic carbocycles. The summed E-state index contributed by atoms with van der Waals surface area (Å²) < 4.78 is 3.17. The molecule has 4 aromatic heterocycles. The van der Waals surface area contributed by atoms with Crippen LogP contribution >= 0.6 is 22.7 Å². The minimum Gasteiger partial charge on any atom is -0.477 e. The minimum absolute atomic E-state index is 0.115. The number of piperidine rings is 1. The van der Waals surface area contributed by atoms with Crippen molar-refractivity contribution in [3.63, 3.8) is 0 Å². The van der Waals surface area contributed by atoms with Gasteiger partial charge in [0.05, 0.1) is 32.0 Å². The zero-order valence-corrected chi connectivity index (χ0v) is 25.5. The van der Waals surface area contributed by atoms with E-state index in [1.165, 1.54) is 48.1 Å². The summed E-state index contributed by atoms with van der Waals surface area (Å²) in [6.07, 6.45) is 9.01. The Bertz CT molecular complexity index is 1800. The van der Waals surface area contributed by atoms with E-state index in [1.54, 1.807) is 17.4 Å². The number of carboxylic acids is 1. The Morgan fingerprint density at radius 2 is 1.76 bits per heavy atom. The normalized spacial score (nSPS) is 16.5. The Balaban J connectivity index is 1.39. The van der Waals surface area contributed by atoms with Crippen molar-refractivity contribution in [3.8, 4) is 21.8 Å². The standard InChI is InChI=1S/C34H35N3O3S2/c1-21-16-28(41-20-21)26-13-10-23-17-24(11-12-25(23)35-26)32-31(22-8-4-2-5-9-22)33-27(18-29(42-33)34(39)40)37(32)19-30(38)36-14-6-3-7-15-36/h10-13,16-18,20,22H,2-9,14-15,19H2,1H3,(H,39,40). The van der Waals surface area contributed by atoms with Crippen LogP contribution in [0.15, 0.2) is 47.8 Å². The van der Waals surface area contributed by atoms with E-state index in [0.29, 0.717) is 10.8 Å². The molecular formula is C34H35N3O3S2. The molecule has 1 aliphatic heterocycles. The van der Waals surface area contributed by atoms with E-state index in [1.807, 2.05) is 4.90 Å². The summed E-state index contributed by atoms with van der Waals surface area (Å²) in [5, 5.41) is 13.1. The van der Waals surface area contributed by atoms with Gasteiger partial charge in [0.25, 0.3) is 0 Å². The third kappa shape index (κ3) is 5.05. The monoisotopic (exact) mass is 597 g/mol. The van der Waals surface area contributed by atoms with E-state index in [0.717, 1.165) is 81.7 Å². The maximum atomic E-state index is 13.7. The van der Waals surface area contributed by atoms with Gasteiger partial charge in [-0.25, -0.2) is 9.78 Å². The largest absolute Gasteiger partial charge is 0.477 e.